The zero-order chi connectivity index (χ0) is 13.3. The molecule has 0 heterocycles. The quantitative estimate of drug-likeness (QED) is 0.543. The number of alkyl halides is 1. The second kappa shape index (κ2) is 5.34. The van der Waals surface area contributed by atoms with Crippen LogP contribution in [0.25, 0.3) is 10.8 Å². The lowest BCUT2D eigenvalue weighted by molar-refractivity contribution is 0.347. The summed E-state index contributed by atoms with van der Waals surface area (Å²) in [6.45, 7) is 6.86. The molecule has 0 aliphatic heterocycles. The molecule has 0 fully saturated rings. The monoisotopic (exact) mass is 368 g/mol. The number of fused-ring (bicyclic) bond motifs is 1. The van der Waals surface area contributed by atoms with Crippen molar-refractivity contribution in [1.82, 2.24) is 0 Å². The zero-order valence-corrected chi connectivity index (χ0v) is 14.2. The fourth-order valence-electron chi connectivity index (χ4n) is 2.11. The third-order valence-corrected chi connectivity index (χ3v) is 6.20. The maximum atomic E-state index is 3.90. The highest BCUT2D eigenvalue weighted by Gasteiger charge is 2.28. The fraction of sp³-hybridized carbons (Fsp3) is 0.375. The first kappa shape index (κ1) is 14.1. The minimum atomic E-state index is 0.247. The lowest BCUT2D eigenvalue weighted by Gasteiger charge is -2.30. The Bertz CT molecular complexity index is 558. The molecule has 0 saturated carbocycles. The lowest BCUT2D eigenvalue weighted by atomic mass is 9.82. The van der Waals surface area contributed by atoms with Crippen molar-refractivity contribution >= 4 is 42.6 Å². The molecule has 2 aromatic rings. The van der Waals surface area contributed by atoms with Crippen LogP contribution < -0.4 is 0 Å². The Labute approximate surface area is 126 Å². The molecule has 18 heavy (non-hydrogen) atoms. The second-order valence-corrected chi connectivity index (χ2v) is 7.16. The maximum absolute atomic E-state index is 3.90. The van der Waals surface area contributed by atoms with Gasteiger partial charge in [-0.05, 0) is 34.2 Å². The van der Waals surface area contributed by atoms with Gasteiger partial charge in [-0.2, -0.15) is 0 Å². The summed E-state index contributed by atoms with van der Waals surface area (Å²) in [6, 6.07) is 12.9. The van der Waals surface area contributed by atoms with E-state index in [1.165, 1.54) is 16.3 Å². The number of rotatable bonds is 3. The largest absolute Gasteiger partial charge is 0.0833 e. The first-order valence-electron chi connectivity index (χ1n) is 6.28. The molecule has 1 unspecified atom stereocenters. The number of benzene rings is 2. The van der Waals surface area contributed by atoms with Crippen LogP contribution in [0.15, 0.2) is 40.9 Å². The van der Waals surface area contributed by atoms with Gasteiger partial charge in [-0.25, -0.2) is 0 Å². The third kappa shape index (κ3) is 2.50. The molecular formula is C16H18Br2. The fourth-order valence-corrected chi connectivity index (χ4v) is 3.31. The van der Waals surface area contributed by atoms with E-state index in [9.17, 15) is 0 Å². The lowest BCUT2D eigenvalue weighted by Crippen LogP contribution is -2.16. The van der Waals surface area contributed by atoms with E-state index < -0.39 is 0 Å². The van der Waals surface area contributed by atoms with Gasteiger partial charge < -0.3 is 0 Å². The van der Waals surface area contributed by atoms with Crippen molar-refractivity contribution in [2.75, 3.05) is 0 Å². The standard InChI is InChI=1S/C16H18Br2/c1-4-16(2,3)15(18)13-9-10-14(17)12-8-6-5-7-11(12)13/h5-10,15H,4H2,1-3H3. The summed E-state index contributed by atoms with van der Waals surface area (Å²) in [5.74, 6) is 0. The van der Waals surface area contributed by atoms with Gasteiger partial charge in [0, 0.05) is 9.30 Å². The molecule has 0 bridgehead atoms. The smallest absolute Gasteiger partial charge is 0.0452 e. The number of hydrogen-bond acceptors (Lipinski definition) is 0. The van der Waals surface area contributed by atoms with E-state index in [0.29, 0.717) is 4.83 Å². The summed E-state index contributed by atoms with van der Waals surface area (Å²) < 4.78 is 1.16. The van der Waals surface area contributed by atoms with Gasteiger partial charge >= 0.3 is 0 Å². The van der Waals surface area contributed by atoms with Gasteiger partial charge in [0.2, 0.25) is 0 Å². The normalized spacial score (nSPS) is 13.8. The molecule has 1 atom stereocenters. The molecule has 0 N–H and O–H groups in total. The van der Waals surface area contributed by atoms with Crippen molar-refractivity contribution < 1.29 is 0 Å². The second-order valence-electron chi connectivity index (χ2n) is 5.39. The minimum Gasteiger partial charge on any atom is -0.0833 e. The third-order valence-electron chi connectivity index (χ3n) is 3.77. The molecule has 2 aromatic carbocycles. The van der Waals surface area contributed by atoms with E-state index in [1.54, 1.807) is 0 Å². The van der Waals surface area contributed by atoms with E-state index >= 15 is 0 Å². The Kier molecular flexibility index (Phi) is 4.18. The Balaban J connectivity index is 2.62. The van der Waals surface area contributed by atoms with Gasteiger partial charge in [0.25, 0.3) is 0 Å². The summed E-state index contributed by atoms with van der Waals surface area (Å²) in [7, 11) is 0. The van der Waals surface area contributed by atoms with Crippen molar-refractivity contribution in [3.8, 4) is 0 Å². The van der Waals surface area contributed by atoms with Gasteiger partial charge in [0.05, 0.1) is 0 Å². The molecule has 0 aromatic heterocycles. The van der Waals surface area contributed by atoms with Crippen molar-refractivity contribution in [2.45, 2.75) is 32.0 Å². The van der Waals surface area contributed by atoms with E-state index in [-0.39, 0.29) is 5.41 Å². The van der Waals surface area contributed by atoms with Gasteiger partial charge in [0.1, 0.15) is 0 Å². The first-order chi connectivity index (χ1) is 8.47. The van der Waals surface area contributed by atoms with Gasteiger partial charge in [-0.1, -0.05) is 83.0 Å². The van der Waals surface area contributed by atoms with Crippen LogP contribution in [0.3, 0.4) is 0 Å². The Morgan fingerprint density at radius 1 is 1.06 bits per heavy atom. The molecule has 0 saturated heterocycles. The molecule has 0 aliphatic carbocycles. The van der Waals surface area contributed by atoms with Crippen molar-refractivity contribution in [3.63, 3.8) is 0 Å². The highest BCUT2D eigenvalue weighted by Crippen LogP contribution is 2.45. The van der Waals surface area contributed by atoms with Crippen molar-refractivity contribution in [1.29, 1.82) is 0 Å². The molecule has 0 amide bonds. The number of hydrogen-bond donors (Lipinski definition) is 0. The molecule has 0 aliphatic rings. The van der Waals surface area contributed by atoms with E-state index in [4.69, 9.17) is 0 Å². The molecule has 2 heteroatoms. The van der Waals surface area contributed by atoms with Crippen LogP contribution >= 0.6 is 31.9 Å². The average molecular weight is 370 g/mol. The van der Waals surface area contributed by atoms with Crippen LogP contribution in [0.2, 0.25) is 0 Å². The van der Waals surface area contributed by atoms with Crippen LogP contribution in [-0.2, 0) is 0 Å². The summed E-state index contributed by atoms with van der Waals surface area (Å²) >= 11 is 7.53. The Morgan fingerprint density at radius 2 is 1.67 bits per heavy atom. The average Bonchev–Trinajstić information content (AvgIpc) is 2.39. The summed E-state index contributed by atoms with van der Waals surface area (Å²) in [6.07, 6.45) is 1.15. The Morgan fingerprint density at radius 3 is 2.28 bits per heavy atom. The highest BCUT2D eigenvalue weighted by atomic mass is 79.9. The van der Waals surface area contributed by atoms with Crippen LogP contribution in [0, 0.1) is 5.41 Å². The molecule has 2 rings (SSSR count). The van der Waals surface area contributed by atoms with Crippen LogP contribution in [0.5, 0.6) is 0 Å². The summed E-state index contributed by atoms with van der Waals surface area (Å²) in [5.41, 5.74) is 1.62. The Hall–Kier alpha value is -0.340. The number of halogens is 2. The summed E-state index contributed by atoms with van der Waals surface area (Å²) in [5, 5.41) is 2.61. The topological polar surface area (TPSA) is 0 Å². The van der Waals surface area contributed by atoms with Gasteiger partial charge in [-0.3, -0.25) is 0 Å². The molecule has 0 nitrogen and oxygen atoms in total. The predicted molar refractivity (Wildman–Crippen MR) is 87.4 cm³/mol. The van der Waals surface area contributed by atoms with E-state index in [1.807, 2.05) is 0 Å². The summed E-state index contributed by atoms with van der Waals surface area (Å²) in [4.78, 5) is 0.369. The maximum Gasteiger partial charge on any atom is 0.0452 e. The minimum absolute atomic E-state index is 0.247. The molecule has 96 valence electrons. The molecular weight excluding hydrogens is 352 g/mol. The van der Waals surface area contributed by atoms with Crippen LogP contribution in [0.1, 0.15) is 37.6 Å². The SMILES string of the molecule is CCC(C)(C)C(Br)c1ccc(Br)c2ccccc12. The highest BCUT2D eigenvalue weighted by molar-refractivity contribution is 9.10. The molecule has 0 radical (unpaired) electrons. The van der Waals surface area contributed by atoms with Crippen LogP contribution in [-0.4, -0.2) is 0 Å². The van der Waals surface area contributed by atoms with Gasteiger partial charge in [0.15, 0.2) is 0 Å². The first-order valence-corrected chi connectivity index (χ1v) is 7.99. The predicted octanol–water partition coefficient (Wildman–Crippen LogP) is 6.47. The van der Waals surface area contributed by atoms with Crippen molar-refractivity contribution in [3.05, 3.63) is 46.4 Å². The van der Waals surface area contributed by atoms with Crippen molar-refractivity contribution in [2.24, 2.45) is 5.41 Å². The molecule has 0 spiro atoms. The van der Waals surface area contributed by atoms with Gasteiger partial charge in [-0.15, -0.1) is 0 Å². The van der Waals surface area contributed by atoms with E-state index in [0.717, 1.165) is 10.9 Å². The zero-order valence-electron chi connectivity index (χ0n) is 11.0. The van der Waals surface area contributed by atoms with E-state index in [2.05, 4.69) is 89.0 Å². The van der Waals surface area contributed by atoms with Crippen LogP contribution in [0.4, 0.5) is 0 Å².